The van der Waals surface area contributed by atoms with Gasteiger partial charge in [-0.15, -0.1) is 0 Å². The Morgan fingerprint density at radius 2 is 1.39 bits per heavy atom. The quantitative estimate of drug-likeness (QED) is 0.691. The number of nitrogens with zero attached hydrogens (tertiary/aromatic N) is 1. The van der Waals surface area contributed by atoms with Crippen molar-refractivity contribution < 1.29 is 9.59 Å². The first-order valence-corrected chi connectivity index (χ1v) is 11.3. The van der Waals surface area contributed by atoms with Gasteiger partial charge in [0.25, 0.3) is 0 Å². The summed E-state index contributed by atoms with van der Waals surface area (Å²) in [7, 11) is 1.79. The molecule has 28 heavy (non-hydrogen) atoms. The SMILES string of the molecule is CN(C(=O)CCCC(=O)NC1CCCCCCCCCCC1)c1ccccc1. The Labute approximate surface area is 171 Å². The summed E-state index contributed by atoms with van der Waals surface area (Å²) >= 11 is 0. The molecule has 156 valence electrons. The minimum absolute atomic E-state index is 0.0602. The highest BCUT2D eigenvalue weighted by molar-refractivity contribution is 5.93. The van der Waals surface area contributed by atoms with E-state index < -0.39 is 0 Å². The van der Waals surface area contributed by atoms with Gasteiger partial charge in [-0.2, -0.15) is 0 Å². The Kier molecular flexibility index (Phi) is 10.7. The molecule has 1 aliphatic carbocycles. The highest BCUT2D eigenvalue weighted by Gasteiger charge is 2.14. The molecule has 0 unspecified atom stereocenters. The molecule has 1 fully saturated rings. The Bertz CT molecular complexity index is 561. The Morgan fingerprint density at radius 3 is 1.96 bits per heavy atom. The van der Waals surface area contributed by atoms with Crippen molar-refractivity contribution in [2.45, 2.75) is 95.9 Å². The first kappa shape index (κ1) is 22.4. The number of hydrogen-bond acceptors (Lipinski definition) is 2. The fraction of sp³-hybridized carbons (Fsp3) is 0.667. The lowest BCUT2D eigenvalue weighted by molar-refractivity contribution is -0.122. The van der Waals surface area contributed by atoms with E-state index in [1.54, 1.807) is 11.9 Å². The van der Waals surface area contributed by atoms with E-state index >= 15 is 0 Å². The zero-order chi connectivity index (χ0) is 20.0. The van der Waals surface area contributed by atoms with Gasteiger partial charge in [-0.25, -0.2) is 0 Å². The molecule has 0 aromatic heterocycles. The van der Waals surface area contributed by atoms with E-state index in [4.69, 9.17) is 0 Å². The molecule has 0 atom stereocenters. The number of nitrogens with one attached hydrogen (secondary N) is 1. The van der Waals surface area contributed by atoms with Crippen LogP contribution in [0.1, 0.15) is 89.9 Å². The summed E-state index contributed by atoms with van der Waals surface area (Å²) in [5.41, 5.74) is 0.894. The number of carbonyl (C=O) groups excluding carboxylic acids is 2. The fourth-order valence-corrected chi connectivity index (χ4v) is 3.97. The van der Waals surface area contributed by atoms with Crippen LogP contribution in [0.3, 0.4) is 0 Å². The lowest BCUT2D eigenvalue weighted by Gasteiger charge is -2.20. The lowest BCUT2D eigenvalue weighted by Crippen LogP contribution is -2.35. The van der Waals surface area contributed by atoms with Crippen molar-refractivity contribution in [3.8, 4) is 0 Å². The highest BCUT2D eigenvalue weighted by Crippen LogP contribution is 2.17. The van der Waals surface area contributed by atoms with Gasteiger partial charge in [-0.05, 0) is 31.4 Å². The van der Waals surface area contributed by atoms with Gasteiger partial charge in [0.05, 0.1) is 0 Å². The van der Waals surface area contributed by atoms with E-state index in [1.807, 2.05) is 30.3 Å². The zero-order valence-electron chi connectivity index (χ0n) is 17.6. The number of para-hydroxylation sites is 1. The van der Waals surface area contributed by atoms with Gasteiger partial charge < -0.3 is 10.2 Å². The third-order valence-electron chi connectivity index (χ3n) is 5.78. The van der Waals surface area contributed by atoms with E-state index in [-0.39, 0.29) is 11.8 Å². The van der Waals surface area contributed by atoms with Gasteiger partial charge in [0.1, 0.15) is 0 Å². The maximum atomic E-state index is 12.4. The van der Waals surface area contributed by atoms with Crippen LogP contribution in [0.2, 0.25) is 0 Å². The van der Waals surface area contributed by atoms with Crippen LogP contribution in [-0.2, 0) is 9.59 Å². The summed E-state index contributed by atoms with van der Waals surface area (Å²) in [6.45, 7) is 0. The molecule has 0 radical (unpaired) electrons. The number of amides is 2. The molecule has 0 bridgehead atoms. The van der Waals surface area contributed by atoms with Gasteiger partial charge in [0.2, 0.25) is 11.8 Å². The Morgan fingerprint density at radius 1 is 0.857 bits per heavy atom. The molecule has 4 heteroatoms. The second kappa shape index (κ2) is 13.4. The molecule has 2 amide bonds. The lowest BCUT2D eigenvalue weighted by atomic mass is 9.98. The third-order valence-corrected chi connectivity index (χ3v) is 5.78. The fourth-order valence-electron chi connectivity index (χ4n) is 3.97. The first-order chi connectivity index (χ1) is 13.7. The maximum Gasteiger partial charge on any atom is 0.226 e. The Hall–Kier alpha value is -1.84. The number of hydrogen-bond donors (Lipinski definition) is 1. The van der Waals surface area contributed by atoms with Crippen LogP contribution in [0, 0.1) is 0 Å². The van der Waals surface area contributed by atoms with Crippen molar-refractivity contribution in [3.63, 3.8) is 0 Å². The first-order valence-electron chi connectivity index (χ1n) is 11.3. The van der Waals surface area contributed by atoms with Crippen LogP contribution < -0.4 is 10.2 Å². The van der Waals surface area contributed by atoms with Crippen LogP contribution in [-0.4, -0.2) is 24.9 Å². The van der Waals surface area contributed by atoms with E-state index in [0.717, 1.165) is 18.5 Å². The molecule has 0 heterocycles. The molecule has 1 saturated carbocycles. The van der Waals surface area contributed by atoms with Gasteiger partial charge in [-0.1, -0.05) is 76.0 Å². The van der Waals surface area contributed by atoms with Crippen LogP contribution in [0.4, 0.5) is 5.69 Å². The number of benzene rings is 1. The van der Waals surface area contributed by atoms with Gasteiger partial charge in [0, 0.05) is 31.6 Å². The van der Waals surface area contributed by atoms with Crippen LogP contribution in [0.5, 0.6) is 0 Å². The van der Waals surface area contributed by atoms with Crippen molar-refractivity contribution in [3.05, 3.63) is 30.3 Å². The van der Waals surface area contributed by atoms with Crippen molar-refractivity contribution in [1.82, 2.24) is 5.32 Å². The summed E-state index contributed by atoms with van der Waals surface area (Å²) < 4.78 is 0. The van der Waals surface area contributed by atoms with E-state index in [2.05, 4.69) is 5.32 Å². The van der Waals surface area contributed by atoms with Crippen molar-refractivity contribution in [1.29, 1.82) is 0 Å². The minimum atomic E-state index is 0.0602. The summed E-state index contributed by atoms with van der Waals surface area (Å²) in [4.78, 5) is 26.4. The topological polar surface area (TPSA) is 49.4 Å². The zero-order valence-corrected chi connectivity index (χ0v) is 17.6. The summed E-state index contributed by atoms with van der Waals surface area (Å²) in [5, 5.41) is 3.24. The average molecular weight is 387 g/mol. The number of anilines is 1. The van der Waals surface area contributed by atoms with Gasteiger partial charge in [-0.3, -0.25) is 9.59 Å². The molecule has 1 aromatic carbocycles. The van der Waals surface area contributed by atoms with Crippen molar-refractivity contribution >= 4 is 17.5 Å². The molecule has 4 nitrogen and oxygen atoms in total. The molecule has 0 saturated heterocycles. The second-order valence-electron chi connectivity index (χ2n) is 8.17. The average Bonchev–Trinajstić information content (AvgIpc) is 2.70. The molecule has 1 aliphatic rings. The van der Waals surface area contributed by atoms with Crippen LogP contribution >= 0.6 is 0 Å². The summed E-state index contributed by atoms with van der Waals surface area (Å²) in [6.07, 6.45) is 15.4. The maximum absolute atomic E-state index is 12.4. The number of rotatable bonds is 6. The smallest absolute Gasteiger partial charge is 0.226 e. The summed E-state index contributed by atoms with van der Waals surface area (Å²) in [5.74, 6) is 0.164. The molecule has 2 rings (SSSR count). The normalized spacial score (nSPS) is 17.2. The van der Waals surface area contributed by atoms with E-state index in [9.17, 15) is 9.59 Å². The van der Waals surface area contributed by atoms with Crippen molar-refractivity contribution in [2.75, 3.05) is 11.9 Å². The second-order valence-corrected chi connectivity index (χ2v) is 8.17. The molecule has 1 N–H and O–H groups in total. The van der Waals surface area contributed by atoms with Crippen LogP contribution in [0.25, 0.3) is 0 Å². The molecule has 0 spiro atoms. The van der Waals surface area contributed by atoms with Crippen LogP contribution in [0.15, 0.2) is 30.3 Å². The van der Waals surface area contributed by atoms with E-state index in [0.29, 0.717) is 25.3 Å². The molecule has 0 aliphatic heterocycles. The van der Waals surface area contributed by atoms with Gasteiger partial charge in [0.15, 0.2) is 0 Å². The largest absolute Gasteiger partial charge is 0.353 e. The van der Waals surface area contributed by atoms with Crippen molar-refractivity contribution in [2.24, 2.45) is 0 Å². The standard InChI is InChI=1S/C24H38N2O2/c1-26(22-17-12-9-13-18-22)24(28)20-14-19-23(27)25-21-15-10-7-5-3-2-4-6-8-11-16-21/h9,12-13,17-18,21H,2-8,10-11,14-16,19-20H2,1H3,(H,25,27). The third kappa shape index (κ3) is 8.90. The molecular formula is C24H38N2O2. The van der Waals surface area contributed by atoms with Gasteiger partial charge >= 0.3 is 0 Å². The predicted molar refractivity (Wildman–Crippen MR) is 116 cm³/mol. The van der Waals surface area contributed by atoms with E-state index in [1.165, 1.54) is 57.8 Å². The Balaban J connectivity index is 1.68. The molecule has 1 aromatic rings. The predicted octanol–water partition coefficient (Wildman–Crippen LogP) is 5.61. The summed E-state index contributed by atoms with van der Waals surface area (Å²) in [6, 6.07) is 9.96. The highest BCUT2D eigenvalue weighted by atomic mass is 16.2. The molecular weight excluding hydrogens is 348 g/mol. The minimum Gasteiger partial charge on any atom is -0.353 e. The number of carbonyl (C=O) groups is 2. The monoisotopic (exact) mass is 386 g/mol.